The van der Waals surface area contributed by atoms with Crippen molar-refractivity contribution in [1.82, 2.24) is 5.32 Å². The lowest BCUT2D eigenvalue weighted by Gasteiger charge is -2.14. The van der Waals surface area contributed by atoms with Gasteiger partial charge in [-0.2, -0.15) is 13.2 Å². The molecule has 1 aromatic rings. The molecule has 0 saturated carbocycles. The first kappa shape index (κ1) is 16.0. The molecule has 0 aliphatic carbocycles. The maximum atomic E-state index is 12.7. The number of anilines is 1. The summed E-state index contributed by atoms with van der Waals surface area (Å²) in [6, 6.07) is 4.25. The topological polar surface area (TPSA) is 58.2 Å². The maximum Gasteiger partial charge on any atom is 0.418 e. The lowest BCUT2D eigenvalue weighted by atomic mass is 10.1. The molecule has 20 heavy (non-hydrogen) atoms. The predicted molar refractivity (Wildman–Crippen MR) is 68.0 cm³/mol. The van der Waals surface area contributed by atoms with Crippen molar-refractivity contribution >= 4 is 17.5 Å². The van der Waals surface area contributed by atoms with Crippen molar-refractivity contribution < 1.29 is 22.8 Å². The zero-order chi connectivity index (χ0) is 15.3. The van der Waals surface area contributed by atoms with Gasteiger partial charge in [0.05, 0.1) is 11.3 Å². The largest absolute Gasteiger partial charge is 0.418 e. The van der Waals surface area contributed by atoms with Crippen LogP contribution in [-0.2, 0) is 15.8 Å². The van der Waals surface area contributed by atoms with Crippen LogP contribution in [0.15, 0.2) is 24.3 Å². The Hall–Kier alpha value is -2.05. The van der Waals surface area contributed by atoms with E-state index in [0.717, 1.165) is 12.1 Å². The number of carbonyl (C=O) groups excluding carboxylic acids is 2. The van der Waals surface area contributed by atoms with E-state index in [4.69, 9.17) is 0 Å². The van der Waals surface area contributed by atoms with Gasteiger partial charge in [-0.1, -0.05) is 19.1 Å². The van der Waals surface area contributed by atoms with E-state index in [2.05, 4.69) is 5.32 Å². The number of amides is 2. The second-order valence-corrected chi connectivity index (χ2v) is 4.28. The Morgan fingerprint density at radius 2 is 1.80 bits per heavy atom. The molecule has 2 amide bonds. The SMILES string of the molecule is CCC(C)NC(=O)C(=O)Nc1ccccc1C(F)(F)F. The lowest BCUT2D eigenvalue weighted by molar-refractivity contribution is -0.138. The molecule has 0 fully saturated rings. The van der Waals surface area contributed by atoms with Gasteiger partial charge in [0, 0.05) is 6.04 Å². The molecule has 0 saturated heterocycles. The van der Waals surface area contributed by atoms with Crippen molar-refractivity contribution in [2.45, 2.75) is 32.5 Å². The highest BCUT2D eigenvalue weighted by Gasteiger charge is 2.34. The third kappa shape index (κ3) is 4.25. The maximum absolute atomic E-state index is 12.7. The first-order valence-electron chi connectivity index (χ1n) is 6.03. The van der Waals surface area contributed by atoms with Crippen molar-refractivity contribution in [3.63, 3.8) is 0 Å². The Bertz CT molecular complexity index is 501. The Labute approximate surface area is 114 Å². The first-order chi connectivity index (χ1) is 9.25. The van der Waals surface area contributed by atoms with E-state index in [0.29, 0.717) is 6.42 Å². The van der Waals surface area contributed by atoms with Gasteiger partial charge < -0.3 is 10.6 Å². The van der Waals surface area contributed by atoms with Crippen molar-refractivity contribution in [2.75, 3.05) is 5.32 Å². The van der Waals surface area contributed by atoms with Crippen molar-refractivity contribution in [3.05, 3.63) is 29.8 Å². The molecule has 1 unspecified atom stereocenters. The third-order valence-electron chi connectivity index (χ3n) is 2.68. The number of benzene rings is 1. The van der Waals surface area contributed by atoms with E-state index in [1.54, 1.807) is 6.92 Å². The Balaban J connectivity index is 2.84. The van der Waals surface area contributed by atoms with Crippen LogP contribution in [0.5, 0.6) is 0 Å². The summed E-state index contributed by atoms with van der Waals surface area (Å²) in [5, 5.41) is 4.35. The van der Waals surface area contributed by atoms with Crippen LogP contribution in [0.25, 0.3) is 0 Å². The third-order valence-corrected chi connectivity index (χ3v) is 2.68. The molecule has 0 aliphatic rings. The minimum absolute atomic E-state index is 0.230. The molecule has 0 bridgehead atoms. The van der Waals surface area contributed by atoms with Gasteiger partial charge >= 0.3 is 18.0 Å². The van der Waals surface area contributed by atoms with Gasteiger partial charge in [0.15, 0.2) is 0 Å². The molecular formula is C13H15F3N2O2. The summed E-state index contributed by atoms with van der Waals surface area (Å²) < 4.78 is 38.1. The molecule has 0 aromatic heterocycles. The fourth-order valence-electron chi connectivity index (χ4n) is 1.41. The molecule has 2 N–H and O–H groups in total. The van der Waals surface area contributed by atoms with Crippen LogP contribution < -0.4 is 10.6 Å². The predicted octanol–water partition coefficient (Wildman–Crippen LogP) is 2.56. The minimum atomic E-state index is -4.60. The molecule has 7 heteroatoms. The molecule has 0 heterocycles. The second kappa shape index (κ2) is 6.40. The molecule has 110 valence electrons. The van der Waals surface area contributed by atoms with Gasteiger partial charge in [-0.15, -0.1) is 0 Å². The summed E-state index contributed by atoms with van der Waals surface area (Å²) in [5.41, 5.74) is -1.44. The van der Waals surface area contributed by atoms with E-state index < -0.39 is 29.2 Å². The van der Waals surface area contributed by atoms with Crippen molar-refractivity contribution in [1.29, 1.82) is 0 Å². The first-order valence-corrected chi connectivity index (χ1v) is 6.03. The molecular weight excluding hydrogens is 273 g/mol. The normalized spacial score (nSPS) is 12.7. The number of hydrogen-bond donors (Lipinski definition) is 2. The van der Waals surface area contributed by atoms with Gasteiger partial charge in [-0.25, -0.2) is 0 Å². The van der Waals surface area contributed by atoms with Gasteiger partial charge in [0.25, 0.3) is 0 Å². The second-order valence-electron chi connectivity index (χ2n) is 4.28. The number of halogens is 3. The minimum Gasteiger partial charge on any atom is -0.345 e. The summed E-state index contributed by atoms with van der Waals surface area (Å²) >= 11 is 0. The fraction of sp³-hybridized carbons (Fsp3) is 0.385. The van der Waals surface area contributed by atoms with E-state index in [1.807, 2.05) is 12.2 Å². The molecule has 1 aromatic carbocycles. The van der Waals surface area contributed by atoms with Crippen LogP contribution in [0, 0.1) is 0 Å². The molecule has 1 rings (SSSR count). The fourth-order valence-corrected chi connectivity index (χ4v) is 1.41. The summed E-state index contributed by atoms with van der Waals surface area (Å²) in [6.07, 6.45) is -3.99. The highest BCUT2D eigenvalue weighted by molar-refractivity contribution is 6.39. The van der Waals surface area contributed by atoms with Crippen LogP contribution in [0.2, 0.25) is 0 Å². The summed E-state index contributed by atoms with van der Waals surface area (Å²) in [7, 11) is 0. The lowest BCUT2D eigenvalue weighted by Crippen LogP contribution is -2.40. The van der Waals surface area contributed by atoms with E-state index in [9.17, 15) is 22.8 Å². The number of carbonyl (C=O) groups is 2. The smallest absolute Gasteiger partial charge is 0.345 e. The summed E-state index contributed by atoms with van der Waals surface area (Å²) in [5.74, 6) is -2.08. The highest BCUT2D eigenvalue weighted by atomic mass is 19.4. The van der Waals surface area contributed by atoms with Crippen LogP contribution in [0.4, 0.5) is 18.9 Å². The van der Waals surface area contributed by atoms with Crippen LogP contribution >= 0.6 is 0 Å². The van der Waals surface area contributed by atoms with Gasteiger partial charge in [-0.05, 0) is 25.5 Å². The number of nitrogens with one attached hydrogen (secondary N) is 2. The Morgan fingerprint density at radius 1 is 1.20 bits per heavy atom. The summed E-state index contributed by atoms with van der Waals surface area (Å²) in [6.45, 7) is 3.50. The molecule has 0 spiro atoms. The van der Waals surface area contributed by atoms with Crippen molar-refractivity contribution in [3.8, 4) is 0 Å². The number of hydrogen-bond acceptors (Lipinski definition) is 2. The zero-order valence-electron chi connectivity index (χ0n) is 11.0. The Kier molecular flexibility index (Phi) is 5.12. The molecule has 0 aliphatic heterocycles. The van der Waals surface area contributed by atoms with Crippen LogP contribution in [0.3, 0.4) is 0 Å². The van der Waals surface area contributed by atoms with Gasteiger partial charge in [-0.3, -0.25) is 9.59 Å². The molecule has 1 atom stereocenters. The summed E-state index contributed by atoms with van der Waals surface area (Å²) in [4.78, 5) is 23.0. The zero-order valence-corrected chi connectivity index (χ0v) is 11.0. The highest BCUT2D eigenvalue weighted by Crippen LogP contribution is 2.34. The number of alkyl halides is 3. The van der Waals surface area contributed by atoms with E-state index in [-0.39, 0.29) is 6.04 Å². The van der Waals surface area contributed by atoms with Gasteiger partial charge in [0.1, 0.15) is 0 Å². The molecule has 4 nitrogen and oxygen atoms in total. The quantitative estimate of drug-likeness (QED) is 0.840. The Morgan fingerprint density at radius 3 is 2.35 bits per heavy atom. The monoisotopic (exact) mass is 288 g/mol. The van der Waals surface area contributed by atoms with E-state index >= 15 is 0 Å². The number of rotatable bonds is 3. The average molecular weight is 288 g/mol. The van der Waals surface area contributed by atoms with Gasteiger partial charge in [0.2, 0.25) is 0 Å². The van der Waals surface area contributed by atoms with E-state index in [1.165, 1.54) is 12.1 Å². The standard InChI is InChI=1S/C13H15F3N2O2/c1-3-8(2)17-11(19)12(20)18-10-7-5-4-6-9(10)13(14,15)16/h4-8H,3H2,1-2H3,(H,17,19)(H,18,20). The number of para-hydroxylation sites is 1. The van der Waals surface area contributed by atoms with Crippen LogP contribution in [0.1, 0.15) is 25.8 Å². The average Bonchev–Trinajstić information content (AvgIpc) is 2.37. The van der Waals surface area contributed by atoms with Crippen LogP contribution in [-0.4, -0.2) is 17.9 Å². The van der Waals surface area contributed by atoms with Crippen molar-refractivity contribution in [2.24, 2.45) is 0 Å². The molecule has 0 radical (unpaired) electrons.